The third-order valence-electron chi connectivity index (χ3n) is 5.71. The number of ether oxygens (including phenoxy) is 1. The molecular weight excluding hydrogens is 338 g/mol. The zero-order valence-corrected chi connectivity index (χ0v) is 15.9. The fourth-order valence-corrected chi connectivity index (χ4v) is 4.40. The summed E-state index contributed by atoms with van der Waals surface area (Å²) in [4.78, 5) is 14.9. The van der Waals surface area contributed by atoms with Gasteiger partial charge in [0, 0.05) is 31.1 Å². The van der Waals surface area contributed by atoms with Crippen molar-refractivity contribution in [2.75, 3.05) is 11.4 Å². The first-order valence-electron chi connectivity index (χ1n) is 10.1. The van der Waals surface area contributed by atoms with Crippen molar-refractivity contribution in [3.05, 3.63) is 53.6 Å². The summed E-state index contributed by atoms with van der Waals surface area (Å²) in [7, 11) is 0. The van der Waals surface area contributed by atoms with Gasteiger partial charge in [0.2, 0.25) is 0 Å². The van der Waals surface area contributed by atoms with Gasteiger partial charge in [-0.3, -0.25) is 4.79 Å². The Kier molecular flexibility index (Phi) is 5.06. The maximum atomic E-state index is 12.6. The summed E-state index contributed by atoms with van der Waals surface area (Å²) in [6, 6.07) is 14.0. The van der Waals surface area contributed by atoms with Crippen molar-refractivity contribution in [3.8, 4) is 11.5 Å². The van der Waals surface area contributed by atoms with Gasteiger partial charge >= 0.3 is 0 Å². The number of phenols is 1. The molecule has 2 heterocycles. The monoisotopic (exact) mass is 365 g/mol. The van der Waals surface area contributed by atoms with Crippen LogP contribution in [0.1, 0.15) is 67.5 Å². The predicted molar refractivity (Wildman–Crippen MR) is 107 cm³/mol. The van der Waals surface area contributed by atoms with Crippen LogP contribution in [-0.4, -0.2) is 23.5 Å². The zero-order chi connectivity index (χ0) is 18.8. The molecule has 1 N–H and O–H groups in total. The molecule has 0 radical (unpaired) electrons. The molecule has 2 aliphatic heterocycles. The molecule has 0 spiro atoms. The molecule has 1 saturated heterocycles. The standard InChI is InChI=1S/C23H27NO3/c1-2-8-22(16-9-4-3-5-10-16)27-18-14-19-23(21(26)15-18)20(25)13-17-11-6-7-12-24(17)19/h3-5,9-10,14-15,17,22,26H,2,6-8,11-13H2,1H3. The number of piperidine rings is 1. The second-order valence-electron chi connectivity index (χ2n) is 7.61. The maximum Gasteiger partial charge on any atom is 0.170 e. The van der Waals surface area contributed by atoms with Gasteiger partial charge in [-0.05, 0) is 31.2 Å². The summed E-state index contributed by atoms with van der Waals surface area (Å²) in [5, 5.41) is 10.6. The third kappa shape index (κ3) is 3.53. The molecule has 4 heteroatoms. The van der Waals surface area contributed by atoms with E-state index in [4.69, 9.17) is 4.74 Å². The van der Waals surface area contributed by atoms with Crippen LogP contribution >= 0.6 is 0 Å². The van der Waals surface area contributed by atoms with E-state index in [9.17, 15) is 9.90 Å². The second-order valence-corrected chi connectivity index (χ2v) is 7.61. The zero-order valence-electron chi connectivity index (χ0n) is 15.9. The van der Waals surface area contributed by atoms with Crippen molar-refractivity contribution in [3.63, 3.8) is 0 Å². The van der Waals surface area contributed by atoms with Crippen LogP contribution in [0.2, 0.25) is 0 Å². The van der Waals surface area contributed by atoms with Gasteiger partial charge < -0.3 is 14.7 Å². The van der Waals surface area contributed by atoms with Gasteiger partial charge in [0.1, 0.15) is 17.6 Å². The number of hydrogen-bond donors (Lipinski definition) is 1. The summed E-state index contributed by atoms with van der Waals surface area (Å²) < 4.78 is 6.30. The fourth-order valence-electron chi connectivity index (χ4n) is 4.40. The van der Waals surface area contributed by atoms with E-state index in [1.165, 1.54) is 6.42 Å². The minimum absolute atomic E-state index is 0.0415. The van der Waals surface area contributed by atoms with E-state index < -0.39 is 0 Å². The van der Waals surface area contributed by atoms with Gasteiger partial charge in [-0.2, -0.15) is 0 Å². The molecule has 2 aromatic rings. The van der Waals surface area contributed by atoms with Gasteiger partial charge in [-0.25, -0.2) is 0 Å². The topological polar surface area (TPSA) is 49.8 Å². The highest BCUT2D eigenvalue weighted by atomic mass is 16.5. The van der Waals surface area contributed by atoms with E-state index in [0.717, 1.165) is 43.5 Å². The molecular formula is C23H27NO3. The lowest BCUT2D eigenvalue weighted by Crippen LogP contribution is -2.44. The number of ketones is 1. The van der Waals surface area contributed by atoms with Crippen LogP contribution in [0.3, 0.4) is 0 Å². The minimum Gasteiger partial charge on any atom is -0.507 e. The number of Topliss-reactive ketones (excluding diaryl/α,β-unsaturated/α-hetero) is 1. The van der Waals surface area contributed by atoms with Crippen molar-refractivity contribution >= 4 is 11.5 Å². The van der Waals surface area contributed by atoms with Crippen molar-refractivity contribution in [2.24, 2.45) is 0 Å². The highest BCUT2D eigenvalue weighted by Gasteiger charge is 2.35. The van der Waals surface area contributed by atoms with Crippen molar-refractivity contribution in [1.29, 1.82) is 0 Å². The Morgan fingerprint density at radius 2 is 2.04 bits per heavy atom. The number of rotatable bonds is 5. The smallest absolute Gasteiger partial charge is 0.170 e. The summed E-state index contributed by atoms with van der Waals surface area (Å²) in [5.41, 5.74) is 2.44. The van der Waals surface area contributed by atoms with Crippen LogP contribution in [0.5, 0.6) is 11.5 Å². The first kappa shape index (κ1) is 17.9. The molecule has 0 aliphatic carbocycles. The van der Waals surface area contributed by atoms with Crippen LogP contribution in [0.25, 0.3) is 0 Å². The van der Waals surface area contributed by atoms with E-state index in [0.29, 0.717) is 17.7 Å². The van der Waals surface area contributed by atoms with Gasteiger partial charge in [0.25, 0.3) is 0 Å². The molecule has 1 fully saturated rings. The second kappa shape index (κ2) is 7.63. The molecule has 0 amide bonds. The van der Waals surface area contributed by atoms with Crippen LogP contribution in [-0.2, 0) is 0 Å². The number of aromatic hydroxyl groups is 1. The Morgan fingerprint density at radius 1 is 1.22 bits per heavy atom. The van der Waals surface area contributed by atoms with Crippen molar-refractivity contribution < 1.29 is 14.6 Å². The Balaban J connectivity index is 1.68. The lowest BCUT2D eigenvalue weighted by molar-refractivity contribution is 0.0958. The molecule has 4 rings (SSSR count). The average Bonchev–Trinajstić information content (AvgIpc) is 2.68. The van der Waals surface area contributed by atoms with Crippen molar-refractivity contribution in [1.82, 2.24) is 0 Å². The number of carbonyl (C=O) groups excluding carboxylic acids is 1. The van der Waals surface area contributed by atoms with E-state index in [1.807, 2.05) is 24.3 Å². The summed E-state index contributed by atoms with van der Waals surface area (Å²) in [5.74, 6) is 0.720. The Bertz CT molecular complexity index is 818. The highest BCUT2D eigenvalue weighted by Crippen LogP contribution is 2.43. The predicted octanol–water partition coefficient (Wildman–Crippen LogP) is 5.26. The quantitative estimate of drug-likeness (QED) is 0.785. The number of nitrogens with zero attached hydrogens (tertiary/aromatic N) is 1. The molecule has 0 bridgehead atoms. The number of fused-ring (bicyclic) bond motifs is 3. The summed E-state index contributed by atoms with van der Waals surface area (Å²) in [6.45, 7) is 3.07. The van der Waals surface area contributed by atoms with Crippen LogP contribution in [0.15, 0.2) is 42.5 Å². The van der Waals surface area contributed by atoms with Gasteiger partial charge in [-0.1, -0.05) is 43.7 Å². The minimum atomic E-state index is -0.0647. The Morgan fingerprint density at radius 3 is 2.81 bits per heavy atom. The van der Waals surface area contributed by atoms with Crippen LogP contribution < -0.4 is 9.64 Å². The van der Waals surface area contributed by atoms with Gasteiger partial charge in [0.05, 0.1) is 11.3 Å². The molecule has 2 aliphatic rings. The number of benzene rings is 2. The van der Waals surface area contributed by atoms with E-state index >= 15 is 0 Å². The van der Waals surface area contributed by atoms with Crippen LogP contribution in [0, 0.1) is 0 Å². The van der Waals surface area contributed by atoms with Crippen LogP contribution in [0.4, 0.5) is 5.69 Å². The molecule has 2 unspecified atom stereocenters. The van der Waals surface area contributed by atoms with Crippen molar-refractivity contribution in [2.45, 2.75) is 57.6 Å². The first-order chi connectivity index (χ1) is 13.2. The summed E-state index contributed by atoms with van der Waals surface area (Å²) in [6.07, 6.45) is 5.67. The van der Waals surface area contributed by atoms with E-state index in [-0.39, 0.29) is 23.7 Å². The van der Waals surface area contributed by atoms with E-state index in [1.54, 1.807) is 6.07 Å². The first-order valence-corrected chi connectivity index (χ1v) is 10.1. The Hall–Kier alpha value is -2.49. The molecule has 0 aromatic heterocycles. The molecule has 4 nitrogen and oxygen atoms in total. The number of phenolic OH excluding ortho intramolecular Hbond substituents is 1. The average molecular weight is 365 g/mol. The van der Waals surface area contributed by atoms with Gasteiger partial charge in [-0.15, -0.1) is 0 Å². The Labute approximate surface area is 160 Å². The lowest BCUT2D eigenvalue weighted by atomic mass is 9.88. The number of anilines is 1. The SMILES string of the molecule is CCCC(Oc1cc(O)c2c(c1)N1CCCCC1CC2=O)c1ccccc1. The molecule has 27 heavy (non-hydrogen) atoms. The number of carbonyl (C=O) groups is 1. The highest BCUT2D eigenvalue weighted by molar-refractivity contribution is 6.06. The third-order valence-corrected chi connectivity index (χ3v) is 5.71. The normalized spacial score (nSPS) is 20.0. The molecule has 2 atom stereocenters. The molecule has 2 aromatic carbocycles. The van der Waals surface area contributed by atoms with E-state index in [2.05, 4.69) is 24.0 Å². The number of hydrogen-bond acceptors (Lipinski definition) is 4. The molecule has 142 valence electrons. The maximum absolute atomic E-state index is 12.6. The summed E-state index contributed by atoms with van der Waals surface area (Å²) >= 11 is 0. The fraction of sp³-hybridized carbons (Fsp3) is 0.435. The largest absolute Gasteiger partial charge is 0.507 e. The van der Waals surface area contributed by atoms with Gasteiger partial charge in [0.15, 0.2) is 5.78 Å². The lowest BCUT2D eigenvalue weighted by Gasteiger charge is -2.41. The molecule has 0 saturated carbocycles.